The molecule has 0 unspecified atom stereocenters. The van der Waals surface area contributed by atoms with Crippen molar-refractivity contribution in [1.29, 1.82) is 0 Å². The normalized spacial score (nSPS) is 12.1. The molecule has 15 heavy (non-hydrogen) atoms. The van der Waals surface area contributed by atoms with Crippen molar-refractivity contribution in [2.24, 2.45) is 5.92 Å². The number of rotatable bonds is 3. The minimum atomic E-state index is -3.45. The topological polar surface area (TPSA) is 34.1 Å². The molecule has 0 bridgehead atoms. The second-order valence-corrected chi connectivity index (χ2v) is 6.12. The Morgan fingerprint density at radius 2 is 1.93 bits per heavy atom. The summed E-state index contributed by atoms with van der Waals surface area (Å²) in [4.78, 5) is -0.227. The third kappa shape index (κ3) is 3.30. The van der Waals surface area contributed by atoms with Crippen molar-refractivity contribution >= 4 is 9.84 Å². The molecule has 1 aromatic carbocycles. The van der Waals surface area contributed by atoms with Crippen molar-refractivity contribution in [3.05, 3.63) is 29.6 Å². The molecule has 1 rings (SSSR count). The molecule has 84 valence electrons. The van der Waals surface area contributed by atoms with E-state index in [1.807, 2.05) is 13.8 Å². The summed E-state index contributed by atoms with van der Waals surface area (Å²) in [6, 6.07) is 4.30. The maximum Gasteiger partial charge on any atom is 0.178 e. The molecule has 0 amide bonds. The van der Waals surface area contributed by atoms with Crippen molar-refractivity contribution in [2.45, 2.75) is 25.2 Å². The lowest BCUT2D eigenvalue weighted by atomic mass is 10.0. The average molecular weight is 230 g/mol. The number of sulfone groups is 1. The number of halogens is 1. The van der Waals surface area contributed by atoms with Gasteiger partial charge in [-0.25, -0.2) is 12.8 Å². The fraction of sp³-hybridized carbons (Fsp3) is 0.455. The summed E-state index contributed by atoms with van der Waals surface area (Å²) in [5.74, 6) is -0.232. The fourth-order valence-electron chi connectivity index (χ4n) is 1.44. The van der Waals surface area contributed by atoms with Gasteiger partial charge in [0.2, 0.25) is 0 Å². The number of hydrogen-bond donors (Lipinski definition) is 0. The van der Waals surface area contributed by atoms with Gasteiger partial charge in [-0.1, -0.05) is 19.9 Å². The second-order valence-electron chi connectivity index (χ2n) is 4.13. The molecule has 0 aliphatic rings. The predicted octanol–water partition coefficient (Wildman–Crippen LogP) is 2.43. The number of benzene rings is 1. The molecule has 2 nitrogen and oxygen atoms in total. The van der Waals surface area contributed by atoms with E-state index in [0.29, 0.717) is 5.92 Å². The van der Waals surface area contributed by atoms with Crippen molar-refractivity contribution in [3.63, 3.8) is 0 Å². The number of hydrogen-bond acceptors (Lipinski definition) is 2. The summed E-state index contributed by atoms with van der Waals surface area (Å²) in [5.41, 5.74) is 0.829. The van der Waals surface area contributed by atoms with Gasteiger partial charge < -0.3 is 0 Å². The molecule has 0 saturated heterocycles. The summed E-state index contributed by atoms with van der Waals surface area (Å²) in [6.07, 6.45) is 1.76. The van der Waals surface area contributed by atoms with Gasteiger partial charge in [-0.05, 0) is 30.0 Å². The van der Waals surface area contributed by atoms with Crippen LogP contribution in [0.15, 0.2) is 23.1 Å². The Hall–Kier alpha value is -0.900. The van der Waals surface area contributed by atoms with Crippen molar-refractivity contribution in [3.8, 4) is 0 Å². The first-order chi connectivity index (χ1) is 6.80. The molecule has 4 heteroatoms. The van der Waals surface area contributed by atoms with Gasteiger partial charge in [0.25, 0.3) is 0 Å². The first kappa shape index (κ1) is 12.2. The molecule has 0 atom stereocenters. The molecule has 0 saturated carbocycles. The van der Waals surface area contributed by atoms with E-state index in [-0.39, 0.29) is 4.90 Å². The molecule has 0 aromatic heterocycles. The minimum absolute atomic E-state index is 0.227. The quantitative estimate of drug-likeness (QED) is 0.799. The van der Waals surface area contributed by atoms with Crippen molar-refractivity contribution < 1.29 is 12.8 Å². The van der Waals surface area contributed by atoms with Gasteiger partial charge in [0.05, 0.1) is 0 Å². The summed E-state index contributed by atoms with van der Waals surface area (Å²) in [7, 11) is -3.45. The zero-order chi connectivity index (χ0) is 11.6. The highest BCUT2D eigenvalue weighted by Crippen LogP contribution is 2.17. The first-order valence-corrected chi connectivity index (χ1v) is 6.68. The fourth-order valence-corrected chi connectivity index (χ4v) is 2.17. The maximum absolute atomic E-state index is 13.4. The average Bonchev–Trinajstić information content (AvgIpc) is 1.99. The summed E-state index contributed by atoms with van der Waals surface area (Å²) >= 11 is 0. The molecule has 1 aromatic rings. The van der Waals surface area contributed by atoms with Gasteiger partial charge in [0.1, 0.15) is 10.7 Å². The van der Waals surface area contributed by atoms with Gasteiger partial charge in [-0.15, -0.1) is 0 Å². The molecule has 0 N–H and O–H groups in total. The highest BCUT2D eigenvalue weighted by molar-refractivity contribution is 7.90. The van der Waals surface area contributed by atoms with E-state index >= 15 is 0 Å². The van der Waals surface area contributed by atoms with Crippen LogP contribution in [0.2, 0.25) is 0 Å². The second kappa shape index (κ2) is 4.31. The van der Waals surface area contributed by atoms with Crippen LogP contribution in [0, 0.1) is 11.7 Å². The molecule has 0 fully saturated rings. The molecule has 0 heterocycles. The van der Waals surface area contributed by atoms with Gasteiger partial charge >= 0.3 is 0 Å². The summed E-state index contributed by atoms with van der Waals surface area (Å²) in [5, 5.41) is 0. The van der Waals surface area contributed by atoms with Gasteiger partial charge in [-0.2, -0.15) is 0 Å². The lowest BCUT2D eigenvalue weighted by Gasteiger charge is -2.06. The first-order valence-electron chi connectivity index (χ1n) is 4.79. The minimum Gasteiger partial charge on any atom is -0.224 e. The van der Waals surface area contributed by atoms with Crippen LogP contribution in [-0.4, -0.2) is 14.7 Å². The third-order valence-electron chi connectivity index (χ3n) is 2.04. The molecule has 0 aliphatic heterocycles. The zero-order valence-electron chi connectivity index (χ0n) is 9.12. The monoisotopic (exact) mass is 230 g/mol. The Morgan fingerprint density at radius 1 is 1.33 bits per heavy atom. The Kier molecular flexibility index (Phi) is 3.50. The van der Waals surface area contributed by atoms with E-state index in [2.05, 4.69) is 0 Å². The van der Waals surface area contributed by atoms with E-state index in [1.54, 1.807) is 6.07 Å². The van der Waals surface area contributed by atoms with E-state index in [4.69, 9.17) is 0 Å². The lowest BCUT2D eigenvalue weighted by Crippen LogP contribution is -2.02. The molecule has 0 radical (unpaired) electrons. The van der Waals surface area contributed by atoms with Gasteiger partial charge in [0, 0.05) is 6.26 Å². The van der Waals surface area contributed by atoms with E-state index in [0.717, 1.165) is 18.2 Å². The third-order valence-corrected chi connectivity index (χ3v) is 3.17. The van der Waals surface area contributed by atoms with Crippen LogP contribution in [0.5, 0.6) is 0 Å². The van der Waals surface area contributed by atoms with Crippen LogP contribution in [0.4, 0.5) is 4.39 Å². The lowest BCUT2D eigenvalue weighted by molar-refractivity contribution is 0.566. The van der Waals surface area contributed by atoms with Crippen LogP contribution in [0.25, 0.3) is 0 Å². The summed E-state index contributed by atoms with van der Waals surface area (Å²) < 4.78 is 35.7. The Bertz CT molecular complexity index is 450. The molecule has 0 aliphatic carbocycles. The predicted molar refractivity (Wildman–Crippen MR) is 58.1 cm³/mol. The van der Waals surface area contributed by atoms with Crippen molar-refractivity contribution in [1.82, 2.24) is 0 Å². The Labute approximate surface area is 90.0 Å². The smallest absolute Gasteiger partial charge is 0.178 e. The zero-order valence-corrected chi connectivity index (χ0v) is 9.94. The standard InChI is InChI=1S/C11H15FO2S/c1-8(2)6-9-4-5-11(10(12)7-9)15(3,13)14/h4-5,7-8H,6H2,1-3H3. The van der Waals surface area contributed by atoms with Crippen LogP contribution >= 0.6 is 0 Å². The summed E-state index contributed by atoms with van der Waals surface area (Å²) in [6.45, 7) is 4.06. The van der Waals surface area contributed by atoms with E-state index < -0.39 is 15.7 Å². The van der Waals surface area contributed by atoms with Crippen LogP contribution in [0.3, 0.4) is 0 Å². The van der Waals surface area contributed by atoms with Crippen LogP contribution < -0.4 is 0 Å². The van der Waals surface area contributed by atoms with Crippen molar-refractivity contribution in [2.75, 3.05) is 6.26 Å². The molecule has 0 spiro atoms. The largest absolute Gasteiger partial charge is 0.224 e. The highest BCUT2D eigenvalue weighted by Gasteiger charge is 2.13. The van der Waals surface area contributed by atoms with Gasteiger partial charge in [-0.3, -0.25) is 0 Å². The maximum atomic E-state index is 13.4. The highest BCUT2D eigenvalue weighted by atomic mass is 32.2. The SMILES string of the molecule is CC(C)Cc1ccc(S(C)(=O)=O)c(F)c1. The van der Waals surface area contributed by atoms with E-state index in [1.165, 1.54) is 12.1 Å². The molecular weight excluding hydrogens is 215 g/mol. The van der Waals surface area contributed by atoms with Crippen LogP contribution in [-0.2, 0) is 16.3 Å². The Balaban J connectivity index is 3.09. The molecular formula is C11H15FO2S. The van der Waals surface area contributed by atoms with Gasteiger partial charge in [0.15, 0.2) is 9.84 Å². The van der Waals surface area contributed by atoms with Crippen LogP contribution in [0.1, 0.15) is 19.4 Å². The van der Waals surface area contributed by atoms with E-state index in [9.17, 15) is 12.8 Å². The Morgan fingerprint density at radius 3 is 2.33 bits per heavy atom.